The van der Waals surface area contributed by atoms with E-state index in [4.69, 9.17) is 0 Å². The molecule has 2 heterocycles. The normalized spacial score (nSPS) is 10.4. The number of hydrogen-bond donors (Lipinski definition) is 2. The summed E-state index contributed by atoms with van der Waals surface area (Å²) in [6.45, 7) is 0.536. The lowest BCUT2D eigenvalue weighted by Crippen LogP contribution is -2.00. The van der Waals surface area contributed by atoms with Crippen LogP contribution >= 0.6 is 0 Å². The van der Waals surface area contributed by atoms with Gasteiger partial charge in [0.2, 0.25) is 5.95 Å². The summed E-state index contributed by atoms with van der Waals surface area (Å²) in [7, 11) is 0. The molecule has 3 aromatic rings. The maximum atomic E-state index is 12.8. The van der Waals surface area contributed by atoms with E-state index in [1.54, 1.807) is 24.5 Å². The van der Waals surface area contributed by atoms with E-state index in [-0.39, 0.29) is 5.82 Å². The third-order valence-corrected chi connectivity index (χ3v) is 2.80. The Labute approximate surface area is 114 Å². The van der Waals surface area contributed by atoms with Gasteiger partial charge in [-0.1, -0.05) is 12.1 Å². The average Bonchev–Trinajstić information content (AvgIpc) is 2.97. The van der Waals surface area contributed by atoms with Crippen molar-refractivity contribution in [3.63, 3.8) is 0 Å². The van der Waals surface area contributed by atoms with Crippen LogP contribution in [-0.2, 0) is 6.54 Å². The molecule has 0 unspecified atom stereocenters. The summed E-state index contributed by atoms with van der Waals surface area (Å²) in [5, 5.41) is 10.0. The van der Waals surface area contributed by atoms with Crippen molar-refractivity contribution < 1.29 is 4.39 Å². The van der Waals surface area contributed by atoms with Gasteiger partial charge >= 0.3 is 0 Å². The summed E-state index contributed by atoms with van der Waals surface area (Å²) in [6, 6.07) is 10.0. The van der Waals surface area contributed by atoms with Crippen LogP contribution in [0.1, 0.15) is 5.56 Å². The second-order valence-corrected chi connectivity index (χ2v) is 4.22. The van der Waals surface area contributed by atoms with Gasteiger partial charge in [0.25, 0.3) is 0 Å². The summed E-state index contributed by atoms with van der Waals surface area (Å²) in [5.74, 6) is 0.932. The van der Waals surface area contributed by atoms with Crippen molar-refractivity contribution in [2.75, 3.05) is 5.32 Å². The summed E-state index contributed by atoms with van der Waals surface area (Å²) >= 11 is 0. The number of hydrogen-bond acceptors (Lipinski definition) is 4. The molecular weight excluding hydrogens is 257 g/mol. The molecule has 6 heteroatoms. The molecule has 2 aromatic heterocycles. The van der Waals surface area contributed by atoms with Gasteiger partial charge in [0.15, 0.2) is 5.82 Å². The van der Waals surface area contributed by atoms with E-state index in [1.807, 2.05) is 12.1 Å². The van der Waals surface area contributed by atoms with Gasteiger partial charge in [-0.3, -0.25) is 10.1 Å². The highest BCUT2D eigenvalue weighted by molar-refractivity contribution is 5.54. The predicted molar refractivity (Wildman–Crippen MR) is 73.3 cm³/mol. The Morgan fingerprint density at radius 3 is 2.55 bits per heavy atom. The van der Waals surface area contributed by atoms with E-state index in [0.717, 1.165) is 11.1 Å². The van der Waals surface area contributed by atoms with Gasteiger partial charge in [-0.25, -0.2) is 4.39 Å². The lowest BCUT2D eigenvalue weighted by atomic mass is 10.2. The van der Waals surface area contributed by atoms with Gasteiger partial charge < -0.3 is 5.32 Å². The van der Waals surface area contributed by atoms with Crippen LogP contribution in [0.5, 0.6) is 0 Å². The standard InChI is InChI=1S/C14H12FN5/c15-12-3-1-10(2-4-12)9-17-14-18-13(19-20-14)11-5-7-16-8-6-11/h1-8H,9H2,(H2,17,18,19,20). The van der Waals surface area contributed by atoms with Crippen LogP contribution in [0.4, 0.5) is 10.3 Å². The minimum absolute atomic E-state index is 0.244. The smallest absolute Gasteiger partial charge is 0.242 e. The van der Waals surface area contributed by atoms with Crippen molar-refractivity contribution >= 4 is 5.95 Å². The van der Waals surface area contributed by atoms with Crippen molar-refractivity contribution in [2.45, 2.75) is 6.54 Å². The molecule has 0 bridgehead atoms. The van der Waals surface area contributed by atoms with Crippen molar-refractivity contribution in [1.82, 2.24) is 20.2 Å². The number of aromatic nitrogens is 4. The Morgan fingerprint density at radius 2 is 1.80 bits per heavy atom. The number of benzene rings is 1. The van der Waals surface area contributed by atoms with E-state index < -0.39 is 0 Å². The fourth-order valence-electron chi connectivity index (χ4n) is 1.76. The molecule has 0 amide bonds. The minimum Gasteiger partial charge on any atom is -0.349 e. The molecule has 0 saturated heterocycles. The van der Waals surface area contributed by atoms with Crippen LogP contribution in [0.25, 0.3) is 11.4 Å². The molecule has 0 fully saturated rings. The van der Waals surface area contributed by atoms with Crippen molar-refractivity contribution in [1.29, 1.82) is 0 Å². The van der Waals surface area contributed by atoms with Crippen LogP contribution in [0, 0.1) is 5.82 Å². The Bertz CT molecular complexity index is 678. The third-order valence-electron chi connectivity index (χ3n) is 2.80. The maximum Gasteiger partial charge on any atom is 0.242 e. The number of nitrogens with zero attached hydrogens (tertiary/aromatic N) is 3. The minimum atomic E-state index is -0.244. The largest absolute Gasteiger partial charge is 0.349 e. The first-order valence-electron chi connectivity index (χ1n) is 6.12. The van der Waals surface area contributed by atoms with Crippen LogP contribution in [-0.4, -0.2) is 20.2 Å². The van der Waals surface area contributed by atoms with Crippen molar-refractivity contribution in [3.05, 3.63) is 60.2 Å². The number of pyridine rings is 1. The third kappa shape index (κ3) is 2.80. The molecule has 0 aliphatic heterocycles. The SMILES string of the molecule is Fc1ccc(CNc2n[nH]c(-c3ccncc3)n2)cc1. The Balaban J connectivity index is 1.67. The highest BCUT2D eigenvalue weighted by atomic mass is 19.1. The quantitative estimate of drug-likeness (QED) is 0.764. The first-order chi connectivity index (χ1) is 9.81. The number of anilines is 1. The van der Waals surface area contributed by atoms with E-state index in [1.165, 1.54) is 12.1 Å². The first kappa shape index (κ1) is 12.3. The van der Waals surface area contributed by atoms with E-state index in [0.29, 0.717) is 18.3 Å². The second kappa shape index (κ2) is 5.48. The summed E-state index contributed by atoms with van der Waals surface area (Å²) < 4.78 is 12.8. The summed E-state index contributed by atoms with van der Waals surface area (Å²) in [6.07, 6.45) is 3.40. The van der Waals surface area contributed by atoms with Crippen LogP contribution in [0.15, 0.2) is 48.8 Å². The Hall–Kier alpha value is -2.76. The molecule has 100 valence electrons. The Kier molecular flexibility index (Phi) is 3.36. The molecule has 1 aromatic carbocycles. The highest BCUT2D eigenvalue weighted by Crippen LogP contribution is 2.14. The molecule has 0 atom stereocenters. The predicted octanol–water partition coefficient (Wildman–Crippen LogP) is 2.62. The van der Waals surface area contributed by atoms with E-state index in [2.05, 4.69) is 25.5 Å². The number of halogens is 1. The molecule has 0 aliphatic rings. The van der Waals surface area contributed by atoms with E-state index >= 15 is 0 Å². The van der Waals surface area contributed by atoms with Gasteiger partial charge in [-0.2, -0.15) is 4.98 Å². The topological polar surface area (TPSA) is 66.5 Å². The molecule has 3 rings (SSSR count). The zero-order chi connectivity index (χ0) is 13.8. The lowest BCUT2D eigenvalue weighted by molar-refractivity contribution is 0.627. The van der Waals surface area contributed by atoms with Crippen LogP contribution < -0.4 is 5.32 Å². The molecule has 20 heavy (non-hydrogen) atoms. The first-order valence-corrected chi connectivity index (χ1v) is 6.12. The molecule has 0 aliphatic carbocycles. The summed E-state index contributed by atoms with van der Waals surface area (Å²) in [4.78, 5) is 8.29. The number of aromatic amines is 1. The van der Waals surface area contributed by atoms with Gasteiger partial charge in [0.1, 0.15) is 5.82 Å². The van der Waals surface area contributed by atoms with Crippen molar-refractivity contribution in [2.24, 2.45) is 0 Å². The molecule has 0 saturated carbocycles. The van der Waals surface area contributed by atoms with Gasteiger partial charge in [0, 0.05) is 24.5 Å². The zero-order valence-electron chi connectivity index (χ0n) is 10.5. The zero-order valence-corrected chi connectivity index (χ0v) is 10.5. The molecule has 0 spiro atoms. The monoisotopic (exact) mass is 269 g/mol. The summed E-state index contributed by atoms with van der Waals surface area (Å²) in [5.41, 5.74) is 1.88. The lowest BCUT2D eigenvalue weighted by Gasteiger charge is -2.01. The fraction of sp³-hybridized carbons (Fsp3) is 0.0714. The number of H-pyrrole nitrogens is 1. The van der Waals surface area contributed by atoms with Gasteiger partial charge in [-0.15, -0.1) is 5.10 Å². The molecule has 5 nitrogen and oxygen atoms in total. The highest BCUT2D eigenvalue weighted by Gasteiger charge is 2.04. The number of rotatable bonds is 4. The van der Waals surface area contributed by atoms with Crippen molar-refractivity contribution in [3.8, 4) is 11.4 Å². The van der Waals surface area contributed by atoms with Gasteiger partial charge in [0.05, 0.1) is 0 Å². The average molecular weight is 269 g/mol. The second-order valence-electron chi connectivity index (χ2n) is 4.22. The fourth-order valence-corrected chi connectivity index (χ4v) is 1.76. The molecule has 0 radical (unpaired) electrons. The van der Waals surface area contributed by atoms with E-state index in [9.17, 15) is 4.39 Å². The Morgan fingerprint density at radius 1 is 1.05 bits per heavy atom. The van der Waals surface area contributed by atoms with Crippen LogP contribution in [0.2, 0.25) is 0 Å². The van der Waals surface area contributed by atoms with Gasteiger partial charge in [-0.05, 0) is 29.8 Å². The molecular formula is C14H12FN5. The number of nitrogens with one attached hydrogen (secondary N) is 2. The maximum absolute atomic E-state index is 12.8. The molecule has 2 N–H and O–H groups in total. The van der Waals surface area contributed by atoms with Crippen LogP contribution in [0.3, 0.4) is 0 Å².